The number of aromatic carboxylic acids is 1. The zero-order valence-corrected chi connectivity index (χ0v) is 11.8. The summed E-state index contributed by atoms with van der Waals surface area (Å²) < 4.78 is 0. The van der Waals surface area contributed by atoms with E-state index < -0.39 is 5.97 Å². The highest BCUT2D eigenvalue weighted by atomic mass is 32.1. The van der Waals surface area contributed by atoms with Crippen LogP contribution in [0.3, 0.4) is 0 Å². The molecule has 2 aromatic heterocycles. The number of aryl methyl sites for hydroxylation is 2. The number of hydrogen-bond donors (Lipinski definition) is 2. The van der Waals surface area contributed by atoms with Gasteiger partial charge in [-0.25, -0.2) is 9.78 Å². The minimum Gasteiger partial charge on any atom is -0.476 e. The summed E-state index contributed by atoms with van der Waals surface area (Å²) >= 11 is 1.20. The zero-order valence-electron chi connectivity index (χ0n) is 11.0. The third kappa shape index (κ3) is 3.18. The van der Waals surface area contributed by atoms with E-state index in [4.69, 9.17) is 5.11 Å². The Labute approximate surface area is 119 Å². The molecule has 7 heteroatoms. The first kappa shape index (κ1) is 14.1. The summed E-state index contributed by atoms with van der Waals surface area (Å²) in [5.41, 5.74) is 2.01. The molecular formula is C13H13N3O3S. The first-order valence-corrected chi connectivity index (χ1v) is 6.75. The number of hydrogen-bond acceptors (Lipinski definition) is 5. The van der Waals surface area contributed by atoms with Gasteiger partial charge in [-0.05, 0) is 26.0 Å². The third-order valence-electron chi connectivity index (χ3n) is 2.64. The summed E-state index contributed by atoms with van der Waals surface area (Å²) in [6.07, 6.45) is 0. The van der Waals surface area contributed by atoms with Crippen molar-refractivity contribution in [2.24, 2.45) is 0 Å². The lowest BCUT2D eigenvalue weighted by Crippen LogP contribution is -2.24. The summed E-state index contributed by atoms with van der Waals surface area (Å²) in [6, 6.07) is 3.49. The molecule has 0 aliphatic heterocycles. The van der Waals surface area contributed by atoms with E-state index in [1.165, 1.54) is 16.7 Å². The molecule has 20 heavy (non-hydrogen) atoms. The number of pyridine rings is 1. The van der Waals surface area contributed by atoms with Crippen LogP contribution in [0.15, 0.2) is 17.5 Å². The quantitative estimate of drug-likeness (QED) is 0.895. The van der Waals surface area contributed by atoms with Gasteiger partial charge in [-0.2, -0.15) is 0 Å². The second-order valence-electron chi connectivity index (χ2n) is 4.20. The van der Waals surface area contributed by atoms with Gasteiger partial charge in [-0.15, -0.1) is 11.3 Å². The van der Waals surface area contributed by atoms with Crippen LogP contribution in [-0.2, 0) is 6.54 Å². The molecule has 0 radical (unpaired) electrons. The maximum Gasteiger partial charge on any atom is 0.355 e. The van der Waals surface area contributed by atoms with Gasteiger partial charge in [0.15, 0.2) is 5.69 Å². The Morgan fingerprint density at radius 3 is 2.65 bits per heavy atom. The second-order valence-corrected chi connectivity index (χ2v) is 5.14. The molecule has 0 saturated heterocycles. The Kier molecular flexibility index (Phi) is 4.09. The Morgan fingerprint density at radius 1 is 1.30 bits per heavy atom. The standard InChI is InChI=1S/C13H13N3O3S/c1-7-3-4-9(8(2)15-7)12(17)14-5-11-16-10(6-20-11)13(18)19/h3-4,6H,5H2,1-2H3,(H,14,17)(H,18,19). The van der Waals surface area contributed by atoms with Crippen LogP contribution in [0.25, 0.3) is 0 Å². The summed E-state index contributed by atoms with van der Waals surface area (Å²) in [4.78, 5) is 30.8. The molecule has 2 N–H and O–H groups in total. The molecule has 104 valence electrons. The summed E-state index contributed by atoms with van der Waals surface area (Å²) in [7, 11) is 0. The molecule has 0 aliphatic carbocycles. The van der Waals surface area contributed by atoms with Crippen molar-refractivity contribution in [3.05, 3.63) is 45.2 Å². The number of carbonyl (C=O) groups is 2. The zero-order chi connectivity index (χ0) is 14.7. The van der Waals surface area contributed by atoms with Crippen molar-refractivity contribution in [2.75, 3.05) is 0 Å². The number of carbonyl (C=O) groups excluding carboxylic acids is 1. The van der Waals surface area contributed by atoms with Gasteiger partial charge in [0.05, 0.1) is 17.8 Å². The van der Waals surface area contributed by atoms with E-state index >= 15 is 0 Å². The molecule has 0 unspecified atom stereocenters. The van der Waals surface area contributed by atoms with E-state index in [-0.39, 0.29) is 18.1 Å². The van der Waals surface area contributed by atoms with Crippen LogP contribution in [0.1, 0.15) is 37.2 Å². The van der Waals surface area contributed by atoms with Crippen molar-refractivity contribution in [1.29, 1.82) is 0 Å². The summed E-state index contributed by atoms with van der Waals surface area (Å²) in [6.45, 7) is 3.83. The number of thiazole rings is 1. The fourth-order valence-corrected chi connectivity index (χ4v) is 2.38. The minimum absolute atomic E-state index is 0.00701. The van der Waals surface area contributed by atoms with Gasteiger partial charge in [0.25, 0.3) is 5.91 Å². The van der Waals surface area contributed by atoms with Crippen molar-refractivity contribution in [3.8, 4) is 0 Å². The predicted octanol–water partition coefficient (Wildman–Crippen LogP) is 1.78. The van der Waals surface area contributed by atoms with Crippen molar-refractivity contribution in [2.45, 2.75) is 20.4 Å². The molecule has 2 aromatic rings. The van der Waals surface area contributed by atoms with Gasteiger partial charge < -0.3 is 10.4 Å². The lowest BCUT2D eigenvalue weighted by atomic mass is 10.2. The molecule has 0 aliphatic rings. The minimum atomic E-state index is -1.07. The molecular weight excluding hydrogens is 278 g/mol. The summed E-state index contributed by atoms with van der Waals surface area (Å²) in [5, 5.41) is 13.5. The molecule has 2 rings (SSSR count). The van der Waals surface area contributed by atoms with Gasteiger partial charge in [0, 0.05) is 11.1 Å². The van der Waals surface area contributed by atoms with E-state index in [1.807, 2.05) is 6.92 Å². The fourth-order valence-electron chi connectivity index (χ4n) is 1.67. The maximum absolute atomic E-state index is 12.0. The van der Waals surface area contributed by atoms with E-state index in [9.17, 15) is 9.59 Å². The highest BCUT2D eigenvalue weighted by Crippen LogP contribution is 2.11. The number of carboxylic acid groups (broad SMARTS) is 1. The van der Waals surface area contributed by atoms with Crippen LogP contribution >= 0.6 is 11.3 Å². The van der Waals surface area contributed by atoms with E-state index in [0.29, 0.717) is 16.3 Å². The van der Waals surface area contributed by atoms with Gasteiger partial charge in [-0.1, -0.05) is 0 Å². The van der Waals surface area contributed by atoms with Crippen LogP contribution in [0.5, 0.6) is 0 Å². The highest BCUT2D eigenvalue weighted by molar-refractivity contribution is 7.09. The van der Waals surface area contributed by atoms with Crippen LogP contribution < -0.4 is 5.32 Å². The fraction of sp³-hybridized carbons (Fsp3) is 0.231. The Morgan fingerprint density at radius 2 is 2.05 bits per heavy atom. The van der Waals surface area contributed by atoms with Crippen LogP contribution in [0, 0.1) is 13.8 Å². The molecule has 0 atom stereocenters. The molecule has 2 heterocycles. The van der Waals surface area contributed by atoms with Crippen molar-refractivity contribution >= 4 is 23.2 Å². The topological polar surface area (TPSA) is 92.2 Å². The smallest absolute Gasteiger partial charge is 0.355 e. The third-order valence-corrected chi connectivity index (χ3v) is 3.49. The Balaban J connectivity index is 2.02. The van der Waals surface area contributed by atoms with Crippen molar-refractivity contribution < 1.29 is 14.7 Å². The number of carboxylic acids is 1. The normalized spacial score (nSPS) is 10.3. The molecule has 0 fully saturated rings. The SMILES string of the molecule is Cc1ccc(C(=O)NCc2nc(C(=O)O)cs2)c(C)n1. The number of aromatic nitrogens is 2. The van der Waals surface area contributed by atoms with E-state index in [1.54, 1.807) is 19.1 Å². The van der Waals surface area contributed by atoms with Crippen LogP contribution in [-0.4, -0.2) is 27.0 Å². The predicted molar refractivity (Wildman–Crippen MR) is 74.0 cm³/mol. The van der Waals surface area contributed by atoms with Crippen molar-refractivity contribution in [3.63, 3.8) is 0 Å². The molecule has 0 saturated carbocycles. The monoisotopic (exact) mass is 291 g/mol. The second kappa shape index (κ2) is 5.79. The van der Waals surface area contributed by atoms with Gasteiger partial charge >= 0.3 is 5.97 Å². The number of amides is 1. The van der Waals surface area contributed by atoms with Crippen LogP contribution in [0.2, 0.25) is 0 Å². The molecule has 0 aromatic carbocycles. The first-order chi connectivity index (χ1) is 9.47. The average Bonchev–Trinajstić information content (AvgIpc) is 2.85. The number of rotatable bonds is 4. The lowest BCUT2D eigenvalue weighted by molar-refractivity contribution is 0.0691. The molecule has 6 nitrogen and oxygen atoms in total. The maximum atomic E-state index is 12.0. The molecule has 0 spiro atoms. The van der Waals surface area contributed by atoms with Crippen molar-refractivity contribution in [1.82, 2.24) is 15.3 Å². The van der Waals surface area contributed by atoms with E-state index in [0.717, 1.165) is 5.69 Å². The van der Waals surface area contributed by atoms with Gasteiger partial charge in [-0.3, -0.25) is 9.78 Å². The number of nitrogens with zero attached hydrogens (tertiary/aromatic N) is 2. The summed E-state index contributed by atoms with van der Waals surface area (Å²) in [5.74, 6) is -1.32. The Bertz CT molecular complexity index is 667. The largest absolute Gasteiger partial charge is 0.476 e. The highest BCUT2D eigenvalue weighted by Gasteiger charge is 2.12. The van der Waals surface area contributed by atoms with Crippen LogP contribution in [0.4, 0.5) is 0 Å². The average molecular weight is 291 g/mol. The lowest BCUT2D eigenvalue weighted by Gasteiger charge is -2.06. The Hall–Kier alpha value is -2.28. The van der Waals surface area contributed by atoms with E-state index in [2.05, 4.69) is 15.3 Å². The molecule has 1 amide bonds. The van der Waals surface area contributed by atoms with Gasteiger partial charge in [0.2, 0.25) is 0 Å². The first-order valence-electron chi connectivity index (χ1n) is 5.87. The van der Waals surface area contributed by atoms with Gasteiger partial charge in [0.1, 0.15) is 5.01 Å². The number of nitrogens with one attached hydrogen (secondary N) is 1. The molecule has 0 bridgehead atoms.